The summed E-state index contributed by atoms with van der Waals surface area (Å²) in [7, 11) is 0. The maximum atomic E-state index is 11.7. The number of aliphatic hydroxyl groups excluding tert-OH is 5. The number of hydrogen-bond acceptors (Lipinski definition) is 12. The molecule has 2 amide bonds. The van der Waals surface area contributed by atoms with Crippen LogP contribution in [0.4, 0.5) is 0 Å². The molecule has 34 heavy (non-hydrogen) atoms. The first-order valence-corrected chi connectivity index (χ1v) is 10.6. The van der Waals surface area contributed by atoms with Gasteiger partial charge in [0.1, 0.15) is 48.7 Å². The molecule has 15 heteroatoms. The van der Waals surface area contributed by atoms with Crippen LogP contribution in [0.1, 0.15) is 20.8 Å². The molecule has 2 aliphatic rings. The fraction of sp³-hybridized carbons (Fsp3) is 0.842. The van der Waals surface area contributed by atoms with Crippen LogP contribution in [0.5, 0.6) is 0 Å². The zero-order valence-electron chi connectivity index (χ0n) is 18.8. The minimum atomic E-state index is -1.72. The first-order chi connectivity index (χ1) is 15.9. The van der Waals surface area contributed by atoms with Crippen LogP contribution in [0.2, 0.25) is 0 Å². The van der Waals surface area contributed by atoms with Crippen LogP contribution < -0.4 is 10.6 Å². The Hall–Kier alpha value is -1.95. The SMILES string of the molecule is CC(=O)NC1C(OC2C(CO)OC(O)C(NC(C)=O)C2OC(C)C(=O)O)OC(CO)C(O)C1O. The third-order valence-corrected chi connectivity index (χ3v) is 5.47. The molecule has 2 saturated heterocycles. The monoisotopic (exact) mass is 496 g/mol. The highest BCUT2D eigenvalue weighted by molar-refractivity contribution is 5.74. The fourth-order valence-corrected chi connectivity index (χ4v) is 3.82. The van der Waals surface area contributed by atoms with Crippen molar-refractivity contribution in [1.82, 2.24) is 10.6 Å². The summed E-state index contributed by atoms with van der Waals surface area (Å²) in [4.78, 5) is 34.8. The van der Waals surface area contributed by atoms with Crippen LogP contribution in [0.3, 0.4) is 0 Å². The third-order valence-electron chi connectivity index (χ3n) is 5.47. The van der Waals surface area contributed by atoms with E-state index >= 15 is 0 Å². The Morgan fingerprint density at radius 3 is 1.94 bits per heavy atom. The lowest BCUT2D eigenvalue weighted by atomic mass is 9.94. The molecule has 0 aromatic heterocycles. The number of ether oxygens (including phenoxy) is 4. The Balaban J connectivity index is 2.44. The molecule has 11 unspecified atom stereocenters. The number of aliphatic carboxylic acids is 1. The zero-order chi connectivity index (χ0) is 25.7. The number of amides is 2. The van der Waals surface area contributed by atoms with E-state index in [9.17, 15) is 45.0 Å². The number of carbonyl (C=O) groups is 3. The summed E-state index contributed by atoms with van der Waals surface area (Å²) in [6.07, 6.45) is -13.5. The molecule has 2 heterocycles. The van der Waals surface area contributed by atoms with Crippen LogP contribution in [0.25, 0.3) is 0 Å². The Kier molecular flexibility index (Phi) is 10.1. The predicted molar refractivity (Wildman–Crippen MR) is 108 cm³/mol. The van der Waals surface area contributed by atoms with Crippen molar-refractivity contribution in [1.29, 1.82) is 0 Å². The smallest absolute Gasteiger partial charge is 0.332 e. The summed E-state index contributed by atoms with van der Waals surface area (Å²) in [6.45, 7) is 2.00. The van der Waals surface area contributed by atoms with E-state index in [0.29, 0.717) is 0 Å². The van der Waals surface area contributed by atoms with Gasteiger partial charge in [0, 0.05) is 13.8 Å². The Morgan fingerprint density at radius 1 is 0.882 bits per heavy atom. The van der Waals surface area contributed by atoms with Gasteiger partial charge in [0.05, 0.1) is 13.2 Å². The molecule has 0 bridgehead atoms. The lowest BCUT2D eigenvalue weighted by Gasteiger charge is -2.48. The minimum absolute atomic E-state index is 0.616. The van der Waals surface area contributed by atoms with Gasteiger partial charge in [-0.2, -0.15) is 0 Å². The van der Waals surface area contributed by atoms with E-state index in [1.807, 2.05) is 0 Å². The Bertz CT molecular complexity index is 724. The van der Waals surface area contributed by atoms with Gasteiger partial charge in [-0.15, -0.1) is 0 Å². The number of aliphatic hydroxyl groups is 5. The highest BCUT2D eigenvalue weighted by Crippen LogP contribution is 2.30. The quantitative estimate of drug-likeness (QED) is 0.150. The van der Waals surface area contributed by atoms with E-state index in [4.69, 9.17) is 18.9 Å². The van der Waals surface area contributed by atoms with E-state index in [1.165, 1.54) is 6.92 Å². The molecule has 0 aromatic carbocycles. The van der Waals surface area contributed by atoms with E-state index in [2.05, 4.69) is 10.6 Å². The molecule has 2 rings (SSSR count). The maximum Gasteiger partial charge on any atom is 0.332 e. The number of carboxylic acids is 1. The topological polar surface area (TPSA) is 234 Å². The van der Waals surface area contributed by atoms with Crippen molar-refractivity contribution in [3.63, 3.8) is 0 Å². The number of rotatable bonds is 9. The van der Waals surface area contributed by atoms with E-state index < -0.39 is 98.4 Å². The fourth-order valence-electron chi connectivity index (χ4n) is 3.82. The molecule has 11 atom stereocenters. The molecule has 15 nitrogen and oxygen atoms in total. The molecule has 0 aromatic rings. The molecule has 2 aliphatic heterocycles. The Labute approximate surface area is 194 Å². The van der Waals surface area contributed by atoms with Crippen LogP contribution >= 0.6 is 0 Å². The molecule has 196 valence electrons. The Morgan fingerprint density at radius 2 is 1.44 bits per heavy atom. The van der Waals surface area contributed by atoms with Gasteiger partial charge in [-0.25, -0.2) is 4.79 Å². The van der Waals surface area contributed by atoms with E-state index in [-0.39, 0.29) is 0 Å². The molecule has 0 aliphatic carbocycles. The first kappa shape index (κ1) is 28.3. The second-order valence-electron chi connectivity index (χ2n) is 8.09. The molecule has 0 saturated carbocycles. The molecule has 8 N–H and O–H groups in total. The summed E-state index contributed by atoms with van der Waals surface area (Å²) in [5, 5.41) is 64.4. The largest absolute Gasteiger partial charge is 0.479 e. The van der Waals surface area contributed by atoms with Gasteiger partial charge in [-0.05, 0) is 6.92 Å². The van der Waals surface area contributed by atoms with Crippen molar-refractivity contribution in [3.05, 3.63) is 0 Å². The van der Waals surface area contributed by atoms with Crippen LogP contribution in [-0.4, -0.2) is 129 Å². The van der Waals surface area contributed by atoms with Crippen LogP contribution in [-0.2, 0) is 33.3 Å². The van der Waals surface area contributed by atoms with Gasteiger partial charge in [0.25, 0.3) is 0 Å². The lowest BCUT2D eigenvalue weighted by molar-refractivity contribution is -0.333. The van der Waals surface area contributed by atoms with Crippen molar-refractivity contribution in [3.8, 4) is 0 Å². The summed E-state index contributed by atoms with van der Waals surface area (Å²) in [5.74, 6) is -2.60. The number of nitrogens with one attached hydrogen (secondary N) is 2. The summed E-state index contributed by atoms with van der Waals surface area (Å²) >= 11 is 0. The number of carbonyl (C=O) groups excluding carboxylic acids is 2. The highest BCUT2D eigenvalue weighted by Gasteiger charge is 2.52. The molecule has 0 spiro atoms. The van der Waals surface area contributed by atoms with Crippen LogP contribution in [0, 0.1) is 0 Å². The van der Waals surface area contributed by atoms with E-state index in [1.54, 1.807) is 0 Å². The third kappa shape index (κ3) is 6.59. The number of carboxylic acid groups (broad SMARTS) is 1. The molecule has 0 radical (unpaired) electrons. The van der Waals surface area contributed by atoms with Gasteiger partial charge in [-0.3, -0.25) is 9.59 Å². The van der Waals surface area contributed by atoms with Crippen molar-refractivity contribution >= 4 is 17.8 Å². The molecule has 2 fully saturated rings. The average Bonchev–Trinajstić information content (AvgIpc) is 2.76. The van der Waals surface area contributed by atoms with Crippen molar-refractivity contribution in [2.75, 3.05) is 13.2 Å². The van der Waals surface area contributed by atoms with Crippen LogP contribution in [0.15, 0.2) is 0 Å². The van der Waals surface area contributed by atoms with E-state index in [0.717, 1.165) is 13.8 Å². The first-order valence-electron chi connectivity index (χ1n) is 10.6. The van der Waals surface area contributed by atoms with Gasteiger partial charge in [-0.1, -0.05) is 0 Å². The van der Waals surface area contributed by atoms with Gasteiger partial charge in [0.2, 0.25) is 11.8 Å². The molecular weight excluding hydrogens is 464 g/mol. The maximum absolute atomic E-state index is 11.7. The van der Waals surface area contributed by atoms with Crippen molar-refractivity contribution < 1.29 is 64.0 Å². The number of hydrogen-bond donors (Lipinski definition) is 8. The normalized spacial score (nSPS) is 39.2. The predicted octanol–water partition coefficient (Wildman–Crippen LogP) is -4.61. The second-order valence-corrected chi connectivity index (χ2v) is 8.09. The van der Waals surface area contributed by atoms with Crippen molar-refractivity contribution in [2.24, 2.45) is 0 Å². The zero-order valence-corrected chi connectivity index (χ0v) is 18.8. The summed E-state index contributed by atoms with van der Waals surface area (Å²) in [5.41, 5.74) is 0. The average molecular weight is 496 g/mol. The highest BCUT2D eigenvalue weighted by atomic mass is 16.7. The standard InChI is InChI=1S/C19H32N2O13/c1-6(17(28)29)31-16-12(21-8(3)25)18(30)32-10(5-23)15(16)34-19-11(20-7(2)24)14(27)13(26)9(4-22)33-19/h6,9-16,18-19,22-23,26-27,30H,4-5H2,1-3H3,(H,20,24)(H,21,25)(H,28,29). The van der Waals surface area contributed by atoms with Gasteiger partial charge < -0.3 is 60.2 Å². The van der Waals surface area contributed by atoms with Crippen molar-refractivity contribution in [2.45, 2.75) is 88.2 Å². The van der Waals surface area contributed by atoms with Gasteiger partial charge >= 0.3 is 5.97 Å². The lowest BCUT2D eigenvalue weighted by Crippen LogP contribution is -2.69. The molecular formula is C19H32N2O13. The summed E-state index contributed by atoms with van der Waals surface area (Å²) in [6, 6.07) is -2.71. The summed E-state index contributed by atoms with van der Waals surface area (Å²) < 4.78 is 22.3. The minimum Gasteiger partial charge on any atom is -0.479 e. The second kappa shape index (κ2) is 12.1. The van der Waals surface area contributed by atoms with Gasteiger partial charge in [0.15, 0.2) is 18.7 Å².